The van der Waals surface area contributed by atoms with Crippen LogP contribution in [0.4, 0.5) is 0 Å². The average molecular weight is 386 g/mol. The molecule has 0 aliphatic rings. The molecule has 3 nitrogen and oxygen atoms in total. The van der Waals surface area contributed by atoms with Crippen molar-refractivity contribution in [1.29, 1.82) is 0 Å². The van der Waals surface area contributed by atoms with E-state index in [2.05, 4.69) is 31.9 Å². The van der Waals surface area contributed by atoms with Crippen molar-refractivity contribution in [3.8, 4) is 5.75 Å². The second-order valence-electron chi connectivity index (χ2n) is 3.86. The van der Waals surface area contributed by atoms with Crippen molar-refractivity contribution in [1.82, 2.24) is 0 Å². The number of rotatable bonds is 4. The predicted octanol–water partition coefficient (Wildman–Crippen LogP) is 4.49. The van der Waals surface area contributed by atoms with E-state index in [0.29, 0.717) is 16.8 Å². The van der Waals surface area contributed by atoms with Gasteiger partial charge in [0.1, 0.15) is 12.4 Å². The van der Waals surface area contributed by atoms with Crippen molar-refractivity contribution >= 4 is 37.8 Å². The molecule has 0 fully saturated rings. The van der Waals surface area contributed by atoms with E-state index in [4.69, 9.17) is 9.84 Å². The second kappa shape index (κ2) is 6.21. The second-order valence-corrected chi connectivity index (χ2v) is 5.63. The summed E-state index contributed by atoms with van der Waals surface area (Å²) in [6.45, 7) is 0.397. The molecule has 0 saturated carbocycles. The van der Waals surface area contributed by atoms with Crippen LogP contribution in [0.3, 0.4) is 0 Å². The predicted molar refractivity (Wildman–Crippen MR) is 79.6 cm³/mol. The van der Waals surface area contributed by atoms with Gasteiger partial charge < -0.3 is 9.84 Å². The van der Waals surface area contributed by atoms with Gasteiger partial charge in [0.15, 0.2) is 0 Å². The van der Waals surface area contributed by atoms with E-state index in [1.54, 1.807) is 12.1 Å². The topological polar surface area (TPSA) is 46.5 Å². The smallest absolute Gasteiger partial charge is 0.336 e. The minimum Gasteiger partial charge on any atom is -0.489 e. The maximum Gasteiger partial charge on any atom is 0.336 e. The Morgan fingerprint density at radius 2 is 1.79 bits per heavy atom. The summed E-state index contributed by atoms with van der Waals surface area (Å²) in [4.78, 5) is 11.0. The molecule has 0 saturated heterocycles. The lowest BCUT2D eigenvalue weighted by Gasteiger charge is -2.08. The number of carboxylic acids is 1. The van der Waals surface area contributed by atoms with Crippen LogP contribution in [0.15, 0.2) is 51.4 Å². The Kier molecular flexibility index (Phi) is 4.61. The van der Waals surface area contributed by atoms with Crippen molar-refractivity contribution in [3.63, 3.8) is 0 Å². The Morgan fingerprint density at radius 3 is 2.42 bits per heavy atom. The first-order valence-corrected chi connectivity index (χ1v) is 7.05. The van der Waals surface area contributed by atoms with Crippen molar-refractivity contribution in [2.24, 2.45) is 0 Å². The standard InChI is InChI=1S/C14H10Br2O3/c15-10-3-1-9(2-4-10)8-19-11-5-6-13(16)12(7-11)14(17)18/h1-7H,8H2,(H,17,18). The van der Waals surface area contributed by atoms with Gasteiger partial charge in [-0.05, 0) is 51.8 Å². The number of halogens is 2. The van der Waals surface area contributed by atoms with Gasteiger partial charge >= 0.3 is 5.97 Å². The van der Waals surface area contributed by atoms with Crippen molar-refractivity contribution in [2.75, 3.05) is 0 Å². The van der Waals surface area contributed by atoms with Crippen LogP contribution in [0.5, 0.6) is 5.75 Å². The maximum atomic E-state index is 11.0. The minimum atomic E-state index is -0.985. The maximum absolute atomic E-state index is 11.0. The number of hydrogen-bond acceptors (Lipinski definition) is 2. The summed E-state index contributed by atoms with van der Waals surface area (Å²) in [7, 11) is 0. The number of carbonyl (C=O) groups is 1. The quantitative estimate of drug-likeness (QED) is 0.843. The lowest BCUT2D eigenvalue weighted by molar-refractivity contribution is 0.0695. The summed E-state index contributed by atoms with van der Waals surface area (Å²) in [5.41, 5.74) is 1.20. The van der Waals surface area contributed by atoms with E-state index < -0.39 is 5.97 Å². The summed E-state index contributed by atoms with van der Waals surface area (Å²) in [6, 6.07) is 12.7. The molecular weight excluding hydrogens is 376 g/mol. The van der Waals surface area contributed by atoms with E-state index in [-0.39, 0.29) is 5.56 Å². The Morgan fingerprint density at radius 1 is 1.11 bits per heavy atom. The summed E-state index contributed by atoms with van der Waals surface area (Å²) >= 11 is 6.56. The van der Waals surface area contributed by atoms with E-state index in [9.17, 15) is 4.79 Å². The molecule has 19 heavy (non-hydrogen) atoms. The molecule has 98 valence electrons. The summed E-state index contributed by atoms with van der Waals surface area (Å²) in [5, 5.41) is 9.02. The number of ether oxygens (including phenoxy) is 1. The highest BCUT2D eigenvalue weighted by atomic mass is 79.9. The van der Waals surface area contributed by atoms with Gasteiger partial charge in [-0.3, -0.25) is 0 Å². The molecule has 0 aliphatic heterocycles. The zero-order valence-corrected chi connectivity index (χ0v) is 12.9. The van der Waals surface area contributed by atoms with Crippen LogP contribution in [0.1, 0.15) is 15.9 Å². The molecule has 0 atom stereocenters. The van der Waals surface area contributed by atoms with Gasteiger partial charge in [0.25, 0.3) is 0 Å². The van der Waals surface area contributed by atoms with Crippen molar-refractivity contribution in [2.45, 2.75) is 6.61 Å². The van der Waals surface area contributed by atoms with E-state index >= 15 is 0 Å². The normalized spacial score (nSPS) is 10.2. The van der Waals surface area contributed by atoms with Crippen LogP contribution < -0.4 is 4.74 Å². The third-order valence-electron chi connectivity index (χ3n) is 2.49. The van der Waals surface area contributed by atoms with E-state index in [1.165, 1.54) is 6.07 Å². The lowest BCUT2D eigenvalue weighted by atomic mass is 10.2. The Labute approximate surface area is 127 Å². The number of carboxylic acid groups (broad SMARTS) is 1. The molecule has 2 aromatic rings. The molecule has 2 aromatic carbocycles. The van der Waals surface area contributed by atoms with Crippen LogP contribution in [0.25, 0.3) is 0 Å². The van der Waals surface area contributed by atoms with E-state index in [1.807, 2.05) is 24.3 Å². The van der Waals surface area contributed by atoms with Gasteiger partial charge in [0.2, 0.25) is 0 Å². The molecule has 0 aliphatic carbocycles. The van der Waals surface area contributed by atoms with E-state index in [0.717, 1.165) is 10.0 Å². The van der Waals surface area contributed by atoms with Gasteiger partial charge in [-0.15, -0.1) is 0 Å². The van der Waals surface area contributed by atoms with Gasteiger partial charge in [0, 0.05) is 8.95 Å². The lowest BCUT2D eigenvalue weighted by Crippen LogP contribution is -2.00. The molecule has 2 rings (SSSR count). The first-order valence-electron chi connectivity index (χ1n) is 5.46. The van der Waals surface area contributed by atoms with Crippen molar-refractivity contribution in [3.05, 3.63) is 62.5 Å². The first-order chi connectivity index (χ1) is 9.06. The van der Waals surface area contributed by atoms with Crippen LogP contribution in [0.2, 0.25) is 0 Å². The zero-order valence-electron chi connectivity index (χ0n) is 9.77. The monoisotopic (exact) mass is 384 g/mol. The largest absolute Gasteiger partial charge is 0.489 e. The summed E-state index contributed by atoms with van der Waals surface area (Å²) in [6.07, 6.45) is 0. The average Bonchev–Trinajstić information content (AvgIpc) is 2.39. The molecular formula is C14H10Br2O3. The SMILES string of the molecule is O=C(O)c1cc(OCc2ccc(Br)cc2)ccc1Br. The zero-order chi connectivity index (χ0) is 13.8. The fourth-order valence-corrected chi connectivity index (χ4v) is 2.19. The molecule has 0 spiro atoms. The van der Waals surface area contributed by atoms with Crippen LogP contribution >= 0.6 is 31.9 Å². The Bertz CT molecular complexity index is 594. The van der Waals surface area contributed by atoms with Crippen LogP contribution in [-0.4, -0.2) is 11.1 Å². The van der Waals surface area contributed by atoms with Gasteiger partial charge in [0.05, 0.1) is 5.56 Å². The molecule has 0 aromatic heterocycles. The fourth-order valence-electron chi connectivity index (χ4n) is 1.51. The summed E-state index contributed by atoms with van der Waals surface area (Å²) in [5.74, 6) is -0.454. The van der Waals surface area contributed by atoms with Gasteiger partial charge in [-0.25, -0.2) is 4.79 Å². The fraction of sp³-hybridized carbons (Fsp3) is 0.0714. The highest BCUT2D eigenvalue weighted by Crippen LogP contribution is 2.23. The minimum absolute atomic E-state index is 0.188. The van der Waals surface area contributed by atoms with Crippen LogP contribution in [0, 0.1) is 0 Å². The summed E-state index contributed by atoms with van der Waals surface area (Å²) < 4.78 is 7.12. The number of hydrogen-bond donors (Lipinski definition) is 1. The Hall–Kier alpha value is -1.33. The number of aromatic carboxylic acids is 1. The molecule has 0 heterocycles. The van der Waals surface area contributed by atoms with Crippen molar-refractivity contribution < 1.29 is 14.6 Å². The molecule has 0 amide bonds. The van der Waals surface area contributed by atoms with Gasteiger partial charge in [-0.2, -0.15) is 0 Å². The molecule has 1 N–H and O–H groups in total. The molecule has 0 unspecified atom stereocenters. The molecule has 0 bridgehead atoms. The third kappa shape index (κ3) is 3.81. The highest BCUT2D eigenvalue weighted by Gasteiger charge is 2.09. The molecule has 0 radical (unpaired) electrons. The highest BCUT2D eigenvalue weighted by molar-refractivity contribution is 9.10. The molecule has 5 heteroatoms. The van der Waals surface area contributed by atoms with Gasteiger partial charge in [-0.1, -0.05) is 28.1 Å². The Balaban J connectivity index is 2.09. The third-order valence-corrected chi connectivity index (χ3v) is 3.71. The number of benzene rings is 2. The van der Waals surface area contributed by atoms with Crippen LogP contribution in [-0.2, 0) is 6.61 Å². The first kappa shape index (κ1) is 14.1.